The molecule has 2 N–H and O–H groups in total. The van der Waals surface area contributed by atoms with Crippen LogP contribution in [0.3, 0.4) is 0 Å². The van der Waals surface area contributed by atoms with Crippen LogP contribution >= 0.6 is 23.2 Å². The number of halogens is 2. The molecule has 6 heteroatoms. The highest BCUT2D eigenvalue weighted by Crippen LogP contribution is 2.31. The number of hydrogen-bond acceptors (Lipinski definition) is 3. The minimum absolute atomic E-state index is 0.126. The molecule has 0 radical (unpaired) electrons. The van der Waals surface area contributed by atoms with Crippen molar-refractivity contribution in [3.63, 3.8) is 0 Å². The minimum Gasteiger partial charge on any atom is -0.508 e. The molecule has 4 nitrogen and oxygen atoms in total. The van der Waals surface area contributed by atoms with Gasteiger partial charge in [0.25, 0.3) is 5.91 Å². The summed E-state index contributed by atoms with van der Waals surface area (Å²) in [6.07, 6.45) is 0. The molecule has 0 spiro atoms. The summed E-state index contributed by atoms with van der Waals surface area (Å²) < 4.78 is 5.56. The molecule has 0 aliphatic carbocycles. The summed E-state index contributed by atoms with van der Waals surface area (Å²) in [6.45, 7) is 0. The van der Waals surface area contributed by atoms with Gasteiger partial charge in [-0.3, -0.25) is 4.79 Å². The van der Waals surface area contributed by atoms with Gasteiger partial charge in [-0.2, -0.15) is 0 Å². The van der Waals surface area contributed by atoms with E-state index in [1.807, 2.05) is 0 Å². The fourth-order valence-electron chi connectivity index (χ4n) is 2.03. The van der Waals surface area contributed by atoms with Crippen LogP contribution in [0.25, 0.3) is 11.3 Å². The maximum Gasteiger partial charge on any atom is 0.291 e. The number of aromatic hydroxyl groups is 1. The molecule has 0 aliphatic rings. The number of carbonyl (C=O) groups is 1. The van der Waals surface area contributed by atoms with E-state index in [-0.39, 0.29) is 11.5 Å². The van der Waals surface area contributed by atoms with Gasteiger partial charge < -0.3 is 14.8 Å². The van der Waals surface area contributed by atoms with Crippen molar-refractivity contribution in [1.82, 2.24) is 0 Å². The highest BCUT2D eigenvalue weighted by molar-refractivity contribution is 6.36. The highest BCUT2D eigenvalue weighted by atomic mass is 35.5. The lowest BCUT2D eigenvalue weighted by atomic mass is 10.2. The van der Waals surface area contributed by atoms with Crippen molar-refractivity contribution >= 4 is 34.8 Å². The van der Waals surface area contributed by atoms with E-state index in [0.29, 0.717) is 27.1 Å². The number of rotatable bonds is 3. The zero-order valence-electron chi connectivity index (χ0n) is 11.7. The zero-order valence-corrected chi connectivity index (χ0v) is 13.2. The fourth-order valence-corrected chi connectivity index (χ4v) is 2.53. The Morgan fingerprint density at radius 1 is 1.00 bits per heavy atom. The topological polar surface area (TPSA) is 62.5 Å². The van der Waals surface area contributed by atoms with Crippen molar-refractivity contribution in [3.05, 3.63) is 70.4 Å². The number of benzene rings is 2. The Labute approximate surface area is 142 Å². The van der Waals surface area contributed by atoms with E-state index in [4.69, 9.17) is 27.6 Å². The molecule has 2 aromatic carbocycles. The first kappa shape index (κ1) is 15.5. The van der Waals surface area contributed by atoms with E-state index in [1.54, 1.807) is 42.5 Å². The first-order valence-corrected chi connectivity index (χ1v) is 7.44. The second-order valence-electron chi connectivity index (χ2n) is 4.79. The Morgan fingerprint density at radius 2 is 1.74 bits per heavy atom. The normalized spacial score (nSPS) is 10.5. The maximum absolute atomic E-state index is 12.2. The third-order valence-corrected chi connectivity index (χ3v) is 3.70. The van der Waals surface area contributed by atoms with Crippen LogP contribution < -0.4 is 5.32 Å². The molecule has 0 atom stereocenters. The second-order valence-corrected chi connectivity index (χ2v) is 5.63. The number of carbonyl (C=O) groups excluding carboxylic acids is 1. The molecule has 0 saturated carbocycles. The van der Waals surface area contributed by atoms with Crippen LogP contribution in [-0.4, -0.2) is 11.0 Å². The molecule has 1 amide bonds. The standard InChI is InChI=1S/C17H11Cl2NO3/c18-10-1-6-13(14(19)9-10)15-7-8-16(23-15)17(22)20-11-2-4-12(21)5-3-11/h1-9,21H,(H,20,22). The van der Waals surface area contributed by atoms with Gasteiger partial charge >= 0.3 is 0 Å². The van der Waals surface area contributed by atoms with E-state index in [9.17, 15) is 9.90 Å². The first-order valence-electron chi connectivity index (χ1n) is 6.68. The molecule has 3 aromatic rings. The molecule has 0 fully saturated rings. The molecule has 1 heterocycles. The van der Waals surface area contributed by atoms with Gasteiger partial charge in [0.2, 0.25) is 0 Å². The van der Waals surface area contributed by atoms with E-state index < -0.39 is 5.91 Å². The van der Waals surface area contributed by atoms with Crippen LogP contribution in [0.2, 0.25) is 10.0 Å². The van der Waals surface area contributed by atoms with Gasteiger partial charge in [0.15, 0.2) is 5.76 Å². The third kappa shape index (κ3) is 3.50. The largest absolute Gasteiger partial charge is 0.508 e. The Bertz CT molecular complexity index is 857. The van der Waals surface area contributed by atoms with Gasteiger partial charge in [0, 0.05) is 16.3 Å². The quantitative estimate of drug-likeness (QED) is 0.639. The molecule has 0 unspecified atom stereocenters. The molecule has 0 bridgehead atoms. The van der Waals surface area contributed by atoms with Crippen LogP contribution in [0, 0.1) is 0 Å². The Balaban J connectivity index is 1.81. The Morgan fingerprint density at radius 3 is 2.43 bits per heavy atom. The van der Waals surface area contributed by atoms with Gasteiger partial charge in [0.05, 0.1) is 5.02 Å². The van der Waals surface area contributed by atoms with E-state index in [2.05, 4.69) is 5.32 Å². The lowest BCUT2D eigenvalue weighted by Crippen LogP contribution is -2.10. The van der Waals surface area contributed by atoms with Crippen molar-refractivity contribution in [3.8, 4) is 17.1 Å². The summed E-state index contributed by atoms with van der Waals surface area (Å²) in [7, 11) is 0. The van der Waals surface area contributed by atoms with Crippen LogP contribution in [0.15, 0.2) is 59.0 Å². The monoisotopic (exact) mass is 347 g/mol. The van der Waals surface area contributed by atoms with Gasteiger partial charge in [0.1, 0.15) is 11.5 Å². The predicted molar refractivity (Wildman–Crippen MR) is 90.2 cm³/mol. The average Bonchev–Trinajstić information content (AvgIpc) is 2.99. The summed E-state index contributed by atoms with van der Waals surface area (Å²) in [4.78, 5) is 12.2. The van der Waals surface area contributed by atoms with Crippen molar-refractivity contribution in [1.29, 1.82) is 0 Å². The Hall–Kier alpha value is -2.43. The number of furan rings is 1. The number of hydrogen-bond donors (Lipinski definition) is 2. The fraction of sp³-hybridized carbons (Fsp3) is 0. The molecule has 1 aromatic heterocycles. The lowest BCUT2D eigenvalue weighted by Gasteiger charge is -2.04. The first-order chi connectivity index (χ1) is 11.0. The SMILES string of the molecule is O=C(Nc1ccc(O)cc1)c1ccc(-c2ccc(Cl)cc2Cl)o1. The zero-order chi connectivity index (χ0) is 16.4. The van der Waals surface area contributed by atoms with Gasteiger partial charge in [-0.25, -0.2) is 0 Å². The van der Waals surface area contributed by atoms with E-state index in [0.717, 1.165) is 0 Å². The molecular weight excluding hydrogens is 337 g/mol. The Kier molecular flexibility index (Phi) is 4.28. The summed E-state index contributed by atoms with van der Waals surface area (Å²) in [5.41, 5.74) is 1.20. The molecule has 116 valence electrons. The van der Waals surface area contributed by atoms with Crippen LogP contribution in [0.4, 0.5) is 5.69 Å². The van der Waals surface area contributed by atoms with Crippen molar-refractivity contribution < 1.29 is 14.3 Å². The maximum atomic E-state index is 12.2. The van der Waals surface area contributed by atoms with Gasteiger partial charge in [-0.05, 0) is 54.6 Å². The molecular formula is C17H11Cl2NO3. The smallest absolute Gasteiger partial charge is 0.291 e. The third-order valence-electron chi connectivity index (χ3n) is 3.15. The van der Waals surface area contributed by atoms with Crippen molar-refractivity contribution in [2.24, 2.45) is 0 Å². The molecule has 23 heavy (non-hydrogen) atoms. The van der Waals surface area contributed by atoms with Crippen LogP contribution in [0.5, 0.6) is 5.75 Å². The van der Waals surface area contributed by atoms with E-state index >= 15 is 0 Å². The number of phenolic OH excluding ortho intramolecular Hbond substituents is 1. The molecule has 3 rings (SSSR count). The summed E-state index contributed by atoms with van der Waals surface area (Å²) in [5.74, 6) is 0.356. The van der Waals surface area contributed by atoms with Crippen molar-refractivity contribution in [2.45, 2.75) is 0 Å². The van der Waals surface area contributed by atoms with Crippen LogP contribution in [0.1, 0.15) is 10.6 Å². The highest BCUT2D eigenvalue weighted by Gasteiger charge is 2.14. The summed E-state index contributed by atoms with van der Waals surface area (Å²) in [5, 5.41) is 12.9. The molecule has 0 aliphatic heterocycles. The predicted octanol–water partition coefficient (Wildman–Crippen LogP) is 5.21. The van der Waals surface area contributed by atoms with Crippen LogP contribution in [-0.2, 0) is 0 Å². The lowest BCUT2D eigenvalue weighted by molar-refractivity contribution is 0.0997. The average molecular weight is 348 g/mol. The van der Waals surface area contributed by atoms with E-state index in [1.165, 1.54) is 12.1 Å². The second kappa shape index (κ2) is 6.36. The number of nitrogens with one attached hydrogen (secondary N) is 1. The summed E-state index contributed by atoms with van der Waals surface area (Å²) >= 11 is 12.0. The van der Waals surface area contributed by atoms with Crippen molar-refractivity contribution in [2.75, 3.05) is 5.32 Å². The van der Waals surface area contributed by atoms with Gasteiger partial charge in [-0.1, -0.05) is 23.2 Å². The summed E-state index contributed by atoms with van der Waals surface area (Å²) in [6, 6.07) is 14.4. The minimum atomic E-state index is -0.396. The number of phenols is 1. The number of amides is 1. The number of anilines is 1. The van der Waals surface area contributed by atoms with Gasteiger partial charge in [-0.15, -0.1) is 0 Å². The molecule has 0 saturated heterocycles.